The zero-order valence-electron chi connectivity index (χ0n) is 11.7. The van der Waals surface area contributed by atoms with Crippen molar-refractivity contribution in [2.24, 2.45) is 5.92 Å². The Morgan fingerprint density at radius 3 is 3.00 bits per heavy atom. The number of sulfonamides is 1. The van der Waals surface area contributed by atoms with E-state index in [1.165, 1.54) is 16.8 Å². The fraction of sp³-hybridized carbons (Fsp3) is 0.538. The van der Waals surface area contributed by atoms with Gasteiger partial charge >= 0.3 is 5.97 Å². The van der Waals surface area contributed by atoms with E-state index in [0.717, 1.165) is 12.8 Å². The Balaban J connectivity index is 1.99. The summed E-state index contributed by atoms with van der Waals surface area (Å²) in [4.78, 5) is 14.8. The van der Waals surface area contributed by atoms with Gasteiger partial charge < -0.3 is 9.84 Å². The van der Waals surface area contributed by atoms with Crippen LogP contribution in [0.4, 0.5) is 0 Å². The highest BCUT2D eigenvalue weighted by molar-refractivity contribution is 7.88. The highest BCUT2D eigenvalue weighted by Gasteiger charge is 2.26. The average molecular weight is 314 g/mol. The second kappa shape index (κ2) is 6.40. The van der Waals surface area contributed by atoms with Gasteiger partial charge in [-0.2, -0.15) is 0 Å². The predicted octanol–water partition coefficient (Wildman–Crippen LogP) is 0.830. The summed E-state index contributed by atoms with van der Waals surface area (Å²) < 4.78 is 30.1. The van der Waals surface area contributed by atoms with Gasteiger partial charge in [0.05, 0.1) is 12.9 Å². The molecule has 8 heteroatoms. The number of rotatable bonds is 5. The second-order valence-electron chi connectivity index (χ2n) is 5.10. The summed E-state index contributed by atoms with van der Waals surface area (Å²) in [6.45, 7) is 1.21. The molecule has 1 fully saturated rings. The number of aromatic nitrogens is 1. The molecule has 21 heavy (non-hydrogen) atoms. The van der Waals surface area contributed by atoms with Crippen LogP contribution in [-0.4, -0.2) is 54.7 Å². The van der Waals surface area contributed by atoms with Gasteiger partial charge in [-0.1, -0.05) is 0 Å². The van der Waals surface area contributed by atoms with Crippen molar-refractivity contribution >= 4 is 16.0 Å². The van der Waals surface area contributed by atoms with Crippen LogP contribution in [0.25, 0.3) is 0 Å². The highest BCUT2D eigenvalue weighted by atomic mass is 32.2. The summed E-state index contributed by atoms with van der Waals surface area (Å²) in [5.41, 5.74) is -0.131. The largest absolute Gasteiger partial charge is 0.491 e. The molecule has 1 atom stereocenters. The zero-order valence-corrected chi connectivity index (χ0v) is 12.5. The molecular weight excluding hydrogens is 296 g/mol. The number of carboxylic acid groups (broad SMARTS) is 1. The molecule has 1 aliphatic rings. The molecule has 1 saturated heterocycles. The molecule has 0 aromatic carbocycles. The van der Waals surface area contributed by atoms with E-state index in [-0.39, 0.29) is 24.0 Å². The summed E-state index contributed by atoms with van der Waals surface area (Å²) in [5.74, 6) is -0.885. The van der Waals surface area contributed by atoms with Gasteiger partial charge in [-0.15, -0.1) is 0 Å². The number of ether oxygens (including phenoxy) is 1. The third kappa shape index (κ3) is 4.15. The monoisotopic (exact) mass is 314 g/mol. The number of aromatic carboxylic acids is 1. The minimum absolute atomic E-state index is 0.0512. The van der Waals surface area contributed by atoms with Gasteiger partial charge in [0.25, 0.3) is 0 Å². The first kappa shape index (κ1) is 15.7. The molecule has 0 amide bonds. The molecule has 1 aromatic heterocycles. The van der Waals surface area contributed by atoms with Gasteiger partial charge in [-0.05, 0) is 25.0 Å². The van der Waals surface area contributed by atoms with E-state index >= 15 is 0 Å². The van der Waals surface area contributed by atoms with Crippen molar-refractivity contribution in [2.45, 2.75) is 12.8 Å². The predicted molar refractivity (Wildman–Crippen MR) is 75.8 cm³/mol. The average Bonchev–Trinajstić information content (AvgIpc) is 2.45. The fourth-order valence-electron chi connectivity index (χ4n) is 2.34. The van der Waals surface area contributed by atoms with Crippen LogP contribution in [0.5, 0.6) is 5.75 Å². The van der Waals surface area contributed by atoms with E-state index < -0.39 is 16.0 Å². The minimum Gasteiger partial charge on any atom is -0.491 e. The van der Waals surface area contributed by atoms with Gasteiger partial charge in [0.2, 0.25) is 10.0 Å². The minimum atomic E-state index is -3.19. The maximum atomic E-state index is 11.5. The van der Waals surface area contributed by atoms with E-state index in [1.54, 1.807) is 12.1 Å². The topological polar surface area (TPSA) is 96.8 Å². The standard InChI is InChI=1S/C13H18N2O5S/c1-21(18,19)15-7-3-4-10(8-15)9-20-11-5-2-6-14-12(11)13(16)17/h2,5-6,10H,3-4,7-9H2,1H3,(H,16,17). The molecule has 2 heterocycles. The molecule has 0 aliphatic carbocycles. The van der Waals surface area contributed by atoms with Gasteiger partial charge in [0.15, 0.2) is 11.4 Å². The molecule has 0 bridgehead atoms. The van der Waals surface area contributed by atoms with E-state index in [4.69, 9.17) is 9.84 Å². The van der Waals surface area contributed by atoms with Crippen LogP contribution in [0, 0.1) is 5.92 Å². The smallest absolute Gasteiger partial charge is 0.358 e. The molecule has 2 rings (SSSR count). The van der Waals surface area contributed by atoms with Crippen molar-refractivity contribution in [3.05, 3.63) is 24.0 Å². The Morgan fingerprint density at radius 2 is 2.33 bits per heavy atom. The Labute approximate surface area is 123 Å². The lowest BCUT2D eigenvalue weighted by Gasteiger charge is -2.30. The van der Waals surface area contributed by atoms with E-state index in [2.05, 4.69) is 4.98 Å². The summed E-state index contributed by atoms with van der Waals surface area (Å²) >= 11 is 0. The number of nitrogens with zero attached hydrogens (tertiary/aromatic N) is 2. The molecular formula is C13H18N2O5S. The van der Waals surface area contributed by atoms with Crippen LogP contribution in [-0.2, 0) is 10.0 Å². The number of piperidine rings is 1. The SMILES string of the molecule is CS(=O)(=O)N1CCCC(COc2cccnc2C(=O)O)C1. The van der Waals surface area contributed by atoms with Crippen LogP contribution in [0.3, 0.4) is 0 Å². The summed E-state index contributed by atoms with van der Waals surface area (Å²) in [7, 11) is -3.19. The van der Waals surface area contributed by atoms with E-state index in [0.29, 0.717) is 13.1 Å². The van der Waals surface area contributed by atoms with Crippen molar-refractivity contribution in [3.8, 4) is 5.75 Å². The Hall–Kier alpha value is -1.67. The molecule has 0 radical (unpaired) electrons. The first-order chi connectivity index (χ1) is 9.88. The van der Waals surface area contributed by atoms with Gasteiger partial charge in [0, 0.05) is 25.2 Å². The number of pyridine rings is 1. The quantitative estimate of drug-likeness (QED) is 0.864. The van der Waals surface area contributed by atoms with Crippen LogP contribution in [0.15, 0.2) is 18.3 Å². The first-order valence-electron chi connectivity index (χ1n) is 6.64. The molecule has 116 valence electrons. The lowest BCUT2D eigenvalue weighted by molar-refractivity contribution is 0.0683. The molecule has 0 spiro atoms. The van der Waals surface area contributed by atoms with E-state index in [1.807, 2.05) is 0 Å². The molecule has 1 aliphatic heterocycles. The number of hydrogen-bond acceptors (Lipinski definition) is 5. The summed E-state index contributed by atoms with van der Waals surface area (Å²) in [6.07, 6.45) is 4.22. The maximum Gasteiger partial charge on any atom is 0.358 e. The van der Waals surface area contributed by atoms with Crippen molar-refractivity contribution in [3.63, 3.8) is 0 Å². The first-order valence-corrected chi connectivity index (χ1v) is 8.49. The Morgan fingerprint density at radius 1 is 1.57 bits per heavy atom. The van der Waals surface area contributed by atoms with Crippen LogP contribution in [0.2, 0.25) is 0 Å². The second-order valence-corrected chi connectivity index (χ2v) is 7.08. The number of carbonyl (C=O) groups is 1. The molecule has 1 unspecified atom stereocenters. The molecule has 1 N–H and O–H groups in total. The highest BCUT2D eigenvalue weighted by Crippen LogP contribution is 2.21. The third-order valence-corrected chi connectivity index (χ3v) is 4.67. The summed E-state index contributed by atoms with van der Waals surface area (Å²) in [5, 5.41) is 9.02. The summed E-state index contributed by atoms with van der Waals surface area (Å²) in [6, 6.07) is 3.15. The van der Waals surface area contributed by atoms with E-state index in [9.17, 15) is 13.2 Å². The van der Waals surface area contributed by atoms with Crippen molar-refractivity contribution in [2.75, 3.05) is 26.0 Å². The van der Waals surface area contributed by atoms with Crippen molar-refractivity contribution < 1.29 is 23.1 Å². The van der Waals surface area contributed by atoms with Crippen LogP contribution >= 0.6 is 0 Å². The van der Waals surface area contributed by atoms with Crippen molar-refractivity contribution in [1.82, 2.24) is 9.29 Å². The fourth-order valence-corrected chi connectivity index (χ4v) is 3.28. The Bertz CT molecular complexity index is 617. The van der Waals surface area contributed by atoms with Crippen LogP contribution in [0.1, 0.15) is 23.3 Å². The lowest BCUT2D eigenvalue weighted by Crippen LogP contribution is -2.41. The van der Waals surface area contributed by atoms with Gasteiger partial charge in [-0.3, -0.25) is 0 Å². The maximum absolute atomic E-state index is 11.5. The Kier molecular flexibility index (Phi) is 4.79. The number of hydrogen-bond donors (Lipinski definition) is 1. The normalized spacial score (nSPS) is 20.1. The third-order valence-electron chi connectivity index (χ3n) is 3.40. The van der Waals surface area contributed by atoms with Gasteiger partial charge in [-0.25, -0.2) is 22.5 Å². The van der Waals surface area contributed by atoms with Crippen molar-refractivity contribution in [1.29, 1.82) is 0 Å². The lowest BCUT2D eigenvalue weighted by atomic mass is 10.0. The zero-order chi connectivity index (χ0) is 15.5. The van der Waals surface area contributed by atoms with Crippen LogP contribution < -0.4 is 4.74 Å². The molecule has 7 nitrogen and oxygen atoms in total. The molecule has 1 aromatic rings. The van der Waals surface area contributed by atoms with Gasteiger partial charge in [0.1, 0.15) is 0 Å². The number of carboxylic acids is 1. The molecule has 0 saturated carbocycles.